The van der Waals surface area contributed by atoms with Gasteiger partial charge in [0.15, 0.2) is 10.8 Å². The largest absolute Gasteiger partial charge is 0.326 e. The number of nitrogens with zero attached hydrogens (tertiary/aromatic N) is 4. The second-order valence-electron chi connectivity index (χ2n) is 6.37. The topological polar surface area (TPSA) is 78.2 Å². The number of aromatic nitrogens is 4. The van der Waals surface area contributed by atoms with Gasteiger partial charge in [-0.1, -0.05) is 25.4 Å². The average molecular weight is 346 g/mol. The van der Waals surface area contributed by atoms with Gasteiger partial charge in [0.2, 0.25) is 0 Å². The number of imidazole rings is 1. The molecule has 2 N–H and O–H groups in total. The Balaban J connectivity index is 1.88. The number of fused-ring (bicyclic) bond motifs is 1. The molecule has 0 aliphatic rings. The Kier molecular flexibility index (Phi) is 4.69. The Morgan fingerprint density at radius 3 is 2.79 bits per heavy atom. The molecule has 0 aromatic carbocycles. The molecule has 0 aliphatic carbocycles. The molecule has 0 saturated heterocycles. The van der Waals surface area contributed by atoms with Crippen molar-refractivity contribution in [2.24, 2.45) is 11.7 Å². The Morgan fingerprint density at radius 1 is 1.29 bits per heavy atom. The van der Waals surface area contributed by atoms with Gasteiger partial charge in [0.25, 0.3) is 5.56 Å². The van der Waals surface area contributed by atoms with Crippen LogP contribution in [0.15, 0.2) is 41.5 Å². The second-order valence-corrected chi connectivity index (χ2v) is 6.75. The van der Waals surface area contributed by atoms with Crippen molar-refractivity contribution in [3.63, 3.8) is 0 Å². The fraction of sp³-hybridized carbons (Fsp3) is 0.353. The summed E-state index contributed by atoms with van der Waals surface area (Å²) >= 11 is 6.05. The summed E-state index contributed by atoms with van der Waals surface area (Å²) in [5.41, 5.74) is 8.07. The van der Waals surface area contributed by atoms with Crippen LogP contribution in [-0.4, -0.2) is 25.2 Å². The first-order valence-electron chi connectivity index (χ1n) is 7.91. The van der Waals surface area contributed by atoms with Crippen LogP contribution in [0.1, 0.15) is 20.3 Å². The van der Waals surface area contributed by atoms with Gasteiger partial charge in [-0.3, -0.25) is 4.79 Å². The molecule has 0 radical (unpaired) electrons. The summed E-state index contributed by atoms with van der Waals surface area (Å²) in [7, 11) is 0. The van der Waals surface area contributed by atoms with Crippen LogP contribution in [0.5, 0.6) is 0 Å². The van der Waals surface area contributed by atoms with E-state index in [1.54, 1.807) is 27.5 Å². The van der Waals surface area contributed by atoms with Gasteiger partial charge in [0.05, 0.1) is 11.9 Å². The van der Waals surface area contributed by atoms with E-state index >= 15 is 0 Å². The molecule has 24 heavy (non-hydrogen) atoms. The summed E-state index contributed by atoms with van der Waals surface area (Å²) in [5, 5.41) is 4.86. The summed E-state index contributed by atoms with van der Waals surface area (Å²) in [6.07, 6.45) is 4.19. The lowest BCUT2D eigenvalue weighted by atomic mass is 10.0. The van der Waals surface area contributed by atoms with Crippen molar-refractivity contribution in [2.45, 2.75) is 32.9 Å². The van der Waals surface area contributed by atoms with Gasteiger partial charge >= 0.3 is 0 Å². The quantitative estimate of drug-likeness (QED) is 0.771. The first-order chi connectivity index (χ1) is 11.4. The molecule has 126 valence electrons. The SMILES string of the molecule is CC(C)CC(N)Cn1ccc(-c2ccc3ncc(Cl)n3n2)cc1=O. The van der Waals surface area contributed by atoms with E-state index in [2.05, 4.69) is 23.9 Å². The minimum absolute atomic E-state index is 0.0345. The minimum Gasteiger partial charge on any atom is -0.326 e. The zero-order valence-electron chi connectivity index (χ0n) is 13.7. The first-order valence-corrected chi connectivity index (χ1v) is 8.28. The smallest absolute Gasteiger partial charge is 0.251 e. The molecule has 1 atom stereocenters. The standard InChI is InChI=1S/C17H20ClN5O/c1-11(2)7-13(19)10-22-6-5-12(8-17(22)24)14-3-4-16-20-9-15(18)23(16)21-14/h3-6,8-9,11,13H,7,10,19H2,1-2H3. The molecule has 7 heteroatoms. The highest BCUT2D eigenvalue weighted by molar-refractivity contribution is 6.29. The monoisotopic (exact) mass is 345 g/mol. The Hall–Kier alpha value is -2.18. The third-order valence-corrected chi connectivity index (χ3v) is 4.08. The maximum absolute atomic E-state index is 12.3. The van der Waals surface area contributed by atoms with E-state index in [1.165, 1.54) is 0 Å². The van der Waals surface area contributed by atoms with E-state index in [4.69, 9.17) is 17.3 Å². The molecule has 0 spiro atoms. The molecule has 3 rings (SSSR count). The van der Waals surface area contributed by atoms with Crippen LogP contribution in [0.2, 0.25) is 5.15 Å². The summed E-state index contributed by atoms with van der Waals surface area (Å²) in [6.45, 7) is 4.75. The first kappa shape index (κ1) is 16.7. The number of hydrogen-bond donors (Lipinski definition) is 1. The maximum Gasteiger partial charge on any atom is 0.251 e. The molecule has 0 fully saturated rings. The molecule has 3 aromatic rings. The molecule has 3 aromatic heterocycles. The Labute approximate surface area is 144 Å². The molecule has 0 amide bonds. The van der Waals surface area contributed by atoms with Crippen LogP contribution in [0.4, 0.5) is 0 Å². The lowest BCUT2D eigenvalue weighted by Crippen LogP contribution is -2.32. The number of halogens is 1. The van der Waals surface area contributed by atoms with Crippen molar-refractivity contribution in [1.82, 2.24) is 19.2 Å². The third-order valence-electron chi connectivity index (χ3n) is 3.82. The van der Waals surface area contributed by atoms with Crippen LogP contribution in [0, 0.1) is 5.92 Å². The lowest BCUT2D eigenvalue weighted by molar-refractivity contribution is 0.442. The van der Waals surface area contributed by atoms with E-state index in [-0.39, 0.29) is 11.6 Å². The second kappa shape index (κ2) is 6.75. The molecule has 0 saturated carbocycles. The van der Waals surface area contributed by atoms with Crippen molar-refractivity contribution >= 4 is 17.2 Å². The molecular weight excluding hydrogens is 326 g/mol. The van der Waals surface area contributed by atoms with E-state index in [0.717, 1.165) is 12.0 Å². The van der Waals surface area contributed by atoms with E-state index in [0.29, 0.717) is 29.0 Å². The van der Waals surface area contributed by atoms with Crippen molar-refractivity contribution in [3.8, 4) is 11.3 Å². The van der Waals surface area contributed by atoms with Gasteiger partial charge in [-0.25, -0.2) is 9.50 Å². The Bertz CT molecular complexity index is 915. The highest BCUT2D eigenvalue weighted by atomic mass is 35.5. The van der Waals surface area contributed by atoms with Gasteiger partial charge in [-0.2, -0.15) is 5.10 Å². The predicted octanol–water partition coefficient (Wildman–Crippen LogP) is 2.58. The van der Waals surface area contributed by atoms with Gasteiger partial charge in [-0.05, 0) is 30.5 Å². The number of rotatable bonds is 5. The van der Waals surface area contributed by atoms with Crippen molar-refractivity contribution in [3.05, 3.63) is 52.2 Å². The molecular formula is C17H20ClN5O. The van der Waals surface area contributed by atoms with E-state index in [1.807, 2.05) is 18.2 Å². The zero-order chi connectivity index (χ0) is 17.3. The van der Waals surface area contributed by atoms with Crippen molar-refractivity contribution in [2.75, 3.05) is 0 Å². The number of nitrogens with two attached hydrogens (primary N) is 1. The number of hydrogen-bond acceptors (Lipinski definition) is 4. The molecule has 6 nitrogen and oxygen atoms in total. The molecule has 0 aliphatic heterocycles. The van der Waals surface area contributed by atoms with E-state index in [9.17, 15) is 4.79 Å². The highest BCUT2D eigenvalue weighted by Gasteiger charge is 2.10. The van der Waals surface area contributed by atoms with Crippen LogP contribution >= 0.6 is 11.6 Å². The molecule has 0 bridgehead atoms. The van der Waals surface area contributed by atoms with Crippen LogP contribution in [0.25, 0.3) is 16.9 Å². The zero-order valence-corrected chi connectivity index (χ0v) is 14.4. The maximum atomic E-state index is 12.3. The Morgan fingerprint density at radius 2 is 2.08 bits per heavy atom. The summed E-state index contributed by atoms with van der Waals surface area (Å²) in [5.74, 6) is 0.505. The summed E-state index contributed by atoms with van der Waals surface area (Å²) < 4.78 is 3.18. The highest BCUT2D eigenvalue weighted by Crippen LogP contribution is 2.18. The van der Waals surface area contributed by atoms with Gasteiger partial charge in [-0.15, -0.1) is 0 Å². The van der Waals surface area contributed by atoms with E-state index < -0.39 is 0 Å². The van der Waals surface area contributed by atoms with Crippen molar-refractivity contribution in [1.29, 1.82) is 0 Å². The van der Waals surface area contributed by atoms with Gasteiger partial charge in [0, 0.05) is 30.4 Å². The van der Waals surface area contributed by atoms with Crippen LogP contribution < -0.4 is 11.3 Å². The summed E-state index contributed by atoms with van der Waals surface area (Å²) in [6, 6.07) is 7.04. The molecule has 1 unspecified atom stereocenters. The van der Waals surface area contributed by atoms with Gasteiger partial charge < -0.3 is 10.3 Å². The van der Waals surface area contributed by atoms with Crippen LogP contribution in [0.3, 0.4) is 0 Å². The fourth-order valence-electron chi connectivity index (χ4n) is 2.75. The van der Waals surface area contributed by atoms with Crippen LogP contribution in [-0.2, 0) is 6.54 Å². The summed E-state index contributed by atoms with van der Waals surface area (Å²) in [4.78, 5) is 16.5. The predicted molar refractivity (Wildman–Crippen MR) is 95.1 cm³/mol. The minimum atomic E-state index is -0.0923. The normalized spacial score (nSPS) is 12.9. The lowest BCUT2D eigenvalue weighted by Gasteiger charge is -2.15. The molecule has 3 heterocycles. The van der Waals surface area contributed by atoms with Gasteiger partial charge in [0.1, 0.15) is 0 Å². The average Bonchev–Trinajstić information content (AvgIpc) is 2.89. The fourth-order valence-corrected chi connectivity index (χ4v) is 2.92. The van der Waals surface area contributed by atoms with Crippen molar-refractivity contribution < 1.29 is 0 Å². The number of pyridine rings is 1. The third kappa shape index (κ3) is 3.49.